The van der Waals surface area contributed by atoms with Crippen molar-refractivity contribution in [3.8, 4) is 10.6 Å². The number of hydrogen-bond acceptors (Lipinski definition) is 6. The van der Waals surface area contributed by atoms with E-state index in [1.54, 1.807) is 30.3 Å². The first-order valence-corrected chi connectivity index (χ1v) is 10.8. The minimum absolute atomic E-state index is 0.0448. The zero-order chi connectivity index (χ0) is 21.6. The fraction of sp³-hybridized carbons (Fsp3) is 0.273. The summed E-state index contributed by atoms with van der Waals surface area (Å²) in [5.74, 6) is 0.271. The van der Waals surface area contributed by atoms with E-state index in [0.29, 0.717) is 24.9 Å². The summed E-state index contributed by atoms with van der Waals surface area (Å²) < 4.78 is 5.34. The van der Waals surface area contributed by atoms with E-state index in [2.05, 4.69) is 15.6 Å². The molecule has 1 aromatic carbocycles. The molecule has 0 saturated carbocycles. The summed E-state index contributed by atoms with van der Waals surface area (Å²) in [5.41, 5.74) is 1.84. The molecule has 9 heteroatoms. The van der Waals surface area contributed by atoms with Gasteiger partial charge in [-0.1, -0.05) is 24.3 Å². The molecule has 8 nitrogen and oxygen atoms in total. The molecule has 158 valence electrons. The minimum Gasteiger partial charge on any atom is -0.501 e. The summed E-state index contributed by atoms with van der Waals surface area (Å²) in [6.45, 7) is 0.423. The number of methoxy groups -OCH3 is 1. The highest BCUT2D eigenvalue weighted by Gasteiger charge is 2.50. The molecular weight excluding hydrogens is 416 g/mol. The van der Waals surface area contributed by atoms with Crippen LogP contribution in [0.4, 0.5) is 4.79 Å². The summed E-state index contributed by atoms with van der Waals surface area (Å²) in [7, 11) is 1.62. The second-order valence-corrected chi connectivity index (χ2v) is 8.60. The number of urea groups is 1. The van der Waals surface area contributed by atoms with Crippen LogP contribution in [0.1, 0.15) is 18.4 Å². The SMILES string of the molecule is COC1=CC2=C(CC1)C(=O)N(CC1(c3ccc(-c4nccs4)cc3)NC(=O)NC1=O)C2. The van der Waals surface area contributed by atoms with Gasteiger partial charge in [0, 0.05) is 35.7 Å². The molecule has 2 N–H and O–H groups in total. The van der Waals surface area contributed by atoms with E-state index in [1.165, 1.54) is 11.3 Å². The lowest BCUT2D eigenvalue weighted by Gasteiger charge is -2.31. The second kappa shape index (κ2) is 7.35. The van der Waals surface area contributed by atoms with Crippen molar-refractivity contribution in [1.82, 2.24) is 20.5 Å². The predicted octanol–water partition coefficient (Wildman–Crippen LogP) is 2.31. The van der Waals surface area contributed by atoms with Gasteiger partial charge in [-0.3, -0.25) is 14.9 Å². The van der Waals surface area contributed by atoms with Gasteiger partial charge in [-0.05, 0) is 23.6 Å². The number of hydrogen-bond donors (Lipinski definition) is 2. The number of benzene rings is 1. The maximum absolute atomic E-state index is 13.0. The van der Waals surface area contributed by atoms with Crippen LogP contribution >= 0.6 is 11.3 Å². The molecule has 4 amide bonds. The number of thiazole rings is 1. The van der Waals surface area contributed by atoms with E-state index >= 15 is 0 Å². The van der Waals surface area contributed by atoms with Crippen molar-refractivity contribution in [3.05, 3.63) is 64.4 Å². The average molecular weight is 436 g/mol. The van der Waals surface area contributed by atoms with Crippen LogP contribution in [0.2, 0.25) is 0 Å². The Kier molecular flexibility index (Phi) is 4.62. The Morgan fingerprint density at radius 3 is 2.65 bits per heavy atom. The quantitative estimate of drug-likeness (QED) is 0.701. The van der Waals surface area contributed by atoms with Gasteiger partial charge in [0.25, 0.3) is 11.8 Å². The molecule has 3 aliphatic rings. The first-order chi connectivity index (χ1) is 15.0. The topological polar surface area (TPSA) is 101 Å². The van der Waals surface area contributed by atoms with Crippen molar-refractivity contribution < 1.29 is 19.1 Å². The fourth-order valence-corrected chi connectivity index (χ4v) is 5.00. The Morgan fingerprint density at radius 1 is 1.19 bits per heavy atom. The Bertz CT molecular complexity index is 1140. The number of allylic oxidation sites excluding steroid dienone is 1. The maximum atomic E-state index is 13.0. The molecule has 2 aromatic rings. The molecule has 0 bridgehead atoms. The van der Waals surface area contributed by atoms with Crippen molar-refractivity contribution in [1.29, 1.82) is 0 Å². The Balaban J connectivity index is 1.46. The van der Waals surface area contributed by atoms with Crippen LogP contribution in [-0.4, -0.2) is 47.9 Å². The van der Waals surface area contributed by atoms with E-state index in [0.717, 1.165) is 27.5 Å². The number of nitrogens with one attached hydrogen (secondary N) is 2. The molecule has 0 radical (unpaired) electrons. The molecule has 0 spiro atoms. The number of rotatable bonds is 5. The molecule has 1 saturated heterocycles. The maximum Gasteiger partial charge on any atom is 0.322 e. The van der Waals surface area contributed by atoms with Crippen LogP contribution < -0.4 is 10.6 Å². The fourth-order valence-electron chi connectivity index (χ4n) is 4.35. The minimum atomic E-state index is -1.35. The number of nitrogens with zero attached hydrogens (tertiary/aromatic N) is 2. The number of aromatic nitrogens is 1. The Labute approximate surface area is 182 Å². The second-order valence-electron chi connectivity index (χ2n) is 7.71. The van der Waals surface area contributed by atoms with Gasteiger partial charge in [0.15, 0.2) is 5.54 Å². The lowest BCUT2D eigenvalue weighted by atomic mass is 9.88. The van der Waals surface area contributed by atoms with E-state index in [1.807, 2.05) is 23.6 Å². The molecule has 1 aliphatic carbocycles. The van der Waals surface area contributed by atoms with Crippen LogP contribution in [0, 0.1) is 0 Å². The van der Waals surface area contributed by atoms with Crippen LogP contribution in [0.5, 0.6) is 0 Å². The normalized spacial score (nSPS) is 22.9. The number of carbonyl (C=O) groups is 3. The highest BCUT2D eigenvalue weighted by molar-refractivity contribution is 7.13. The van der Waals surface area contributed by atoms with Crippen LogP contribution in [0.3, 0.4) is 0 Å². The van der Waals surface area contributed by atoms with E-state index < -0.39 is 17.5 Å². The highest BCUT2D eigenvalue weighted by Crippen LogP contribution is 2.35. The third-order valence-electron chi connectivity index (χ3n) is 5.94. The third kappa shape index (κ3) is 3.21. The van der Waals surface area contributed by atoms with Gasteiger partial charge in [0.2, 0.25) is 0 Å². The smallest absolute Gasteiger partial charge is 0.322 e. The largest absolute Gasteiger partial charge is 0.501 e. The van der Waals surface area contributed by atoms with E-state index in [-0.39, 0.29) is 12.5 Å². The summed E-state index contributed by atoms with van der Waals surface area (Å²) in [4.78, 5) is 44.0. The number of carbonyl (C=O) groups excluding carboxylic acids is 3. The first-order valence-electron chi connectivity index (χ1n) is 9.90. The van der Waals surface area contributed by atoms with Crippen molar-refractivity contribution in [2.75, 3.05) is 20.2 Å². The summed E-state index contributed by atoms with van der Waals surface area (Å²) in [6.07, 6.45) is 4.92. The molecule has 1 unspecified atom stereocenters. The van der Waals surface area contributed by atoms with Gasteiger partial charge in [-0.2, -0.15) is 0 Å². The average Bonchev–Trinajstić information content (AvgIpc) is 3.48. The van der Waals surface area contributed by atoms with Crippen LogP contribution in [0.25, 0.3) is 10.6 Å². The van der Waals surface area contributed by atoms with Crippen molar-refractivity contribution in [2.24, 2.45) is 0 Å². The Morgan fingerprint density at radius 2 is 2.00 bits per heavy atom. The van der Waals surface area contributed by atoms with Gasteiger partial charge >= 0.3 is 6.03 Å². The Hall–Kier alpha value is -3.46. The van der Waals surface area contributed by atoms with Crippen LogP contribution in [0.15, 0.2) is 58.8 Å². The van der Waals surface area contributed by atoms with Gasteiger partial charge in [0.05, 0.1) is 19.4 Å². The zero-order valence-electron chi connectivity index (χ0n) is 16.8. The summed E-state index contributed by atoms with van der Waals surface area (Å²) in [5, 5.41) is 7.87. The molecule has 1 aromatic heterocycles. The molecule has 2 aliphatic heterocycles. The number of amides is 4. The third-order valence-corrected chi connectivity index (χ3v) is 6.76. The monoisotopic (exact) mass is 436 g/mol. The lowest BCUT2D eigenvalue weighted by Crippen LogP contribution is -2.53. The van der Waals surface area contributed by atoms with Crippen molar-refractivity contribution >= 4 is 29.2 Å². The number of imide groups is 1. The van der Waals surface area contributed by atoms with Gasteiger partial charge in [0.1, 0.15) is 5.01 Å². The molecule has 3 heterocycles. The highest BCUT2D eigenvalue weighted by atomic mass is 32.1. The number of ether oxygens (including phenoxy) is 1. The summed E-state index contributed by atoms with van der Waals surface area (Å²) >= 11 is 1.52. The molecule has 1 atom stereocenters. The van der Waals surface area contributed by atoms with Crippen LogP contribution in [-0.2, 0) is 19.9 Å². The van der Waals surface area contributed by atoms with Gasteiger partial charge < -0.3 is 15.0 Å². The lowest BCUT2D eigenvalue weighted by molar-refractivity contribution is -0.129. The van der Waals surface area contributed by atoms with Gasteiger partial charge in [-0.25, -0.2) is 9.78 Å². The van der Waals surface area contributed by atoms with E-state index in [4.69, 9.17) is 4.74 Å². The first kappa shape index (κ1) is 19.5. The van der Waals surface area contributed by atoms with Crippen molar-refractivity contribution in [2.45, 2.75) is 18.4 Å². The summed E-state index contributed by atoms with van der Waals surface area (Å²) in [6, 6.07) is 6.78. The predicted molar refractivity (Wildman–Crippen MR) is 114 cm³/mol. The van der Waals surface area contributed by atoms with Gasteiger partial charge in [-0.15, -0.1) is 11.3 Å². The molecule has 5 rings (SSSR count). The molecule has 1 fully saturated rings. The molecule has 31 heavy (non-hydrogen) atoms. The molecular formula is C22H20N4O4S. The van der Waals surface area contributed by atoms with Crippen molar-refractivity contribution in [3.63, 3.8) is 0 Å². The standard InChI is InChI=1S/C22H20N4O4S/c1-30-16-6-7-17-14(10-16)11-26(19(17)27)12-22(20(28)24-21(29)25-22)15-4-2-13(3-5-15)18-23-8-9-31-18/h2-5,8-10H,6-7,11-12H2,1H3,(H2,24,25,28,29). The zero-order valence-corrected chi connectivity index (χ0v) is 17.6. The van der Waals surface area contributed by atoms with E-state index in [9.17, 15) is 14.4 Å².